The predicted molar refractivity (Wildman–Crippen MR) is 70.7 cm³/mol. The highest BCUT2D eigenvalue weighted by Crippen LogP contribution is 2.24. The number of nitrogens with zero attached hydrogens (tertiary/aromatic N) is 2. The Bertz CT molecular complexity index is 236. The maximum Gasteiger partial charge on any atom is 0.122 e. The summed E-state index contributed by atoms with van der Waals surface area (Å²) < 4.78 is 0. The highest BCUT2D eigenvalue weighted by molar-refractivity contribution is 7.11. The van der Waals surface area contributed by atoms with Gasteiger partial charge in [0.2, 0.25) is 0 Å². The summed E-state index contributed by atoms with van der Waals surface area (Å²) in [6, 6.07) is 0. The maximum absolute atomic E-state index is 4.06. The second-order valence-electron chi connectivity index (χ2n) is 4.08. The molecule has 15 heavy (non-hydrogen) atoms. The minimum atomic E-state index is 0.159. The van der Waals surface area contributed by atoms with Crippen molar-refractivity contribution in [1.82, 2.24) is 10.2 Å². The highest BCUT2D eigenvalue weighted by atomic mass is 32.1. The number of hydrogen-bond donors (Lipinski definition) is 0. The van der Waals surface area contributed by atoms with Crippen molar-refractivity contribution < 1.29 is 0 Å². The molecule has 0 unspecified atom stereocenters. The van der Waals surface area contributed by atoms with Crippen LogP contribution in [0.5, 0.6) is 0 Å². The molecular formula is C12H26N2S. The fraction of sp³-hybridized carbons (Fsp3) is 0.833. The topological polar surface area (TPSA) is 25.8 Å². The first-order valence-electron chi connectivity index (χ1n) is 5.72. The molecule has 3 heteroatoms. The first-order chi connectivity index (χ1) is 6.91. The lowest BCUT2D eigenvalue weighted by Crippen LogP contribution is -2.10. The Kier molecular flexibility index (Phi) is 10.00. The van der Waals surface area contributed by atoms with E-state index in [0.717, 1.165) is 10.0 Å². The van der Waals surface area contributed by atoms with E-state index in [-0.39, 0.29) is 5.41 Å². The highest BCUT2D eigenvalue weighted by Gasteiger charge is 2.17. The van der Waals surface area contributed by atoms with Crippen LogP contribution in [-0.2, 0) is 5.41 Å². The van der Waals surface area contributed by atoms with Gasteiger partial charge in [-0.3, -0.25) is 0 Å². The van der Waals surface area contributed by atoms with Gasteiger partial charge >= 0.3 is 0 Å². The third kappa shape index (κ3) is 8.55. The lowest BCUT2D eigenvalue weighted by molar-refractivity contribution is 0.578. The molecule has 0 saturated carbocycles. The van der Waals surface area contributed by atoms with Crippen LogP contribution in [0.3, 0.4) is 0 Å². The molecule has 0 bridgehead atoms. The fourth-order valence-corrected chi connectivity index (χ4v) is 1.35. The Hall–Kier alpha value is -0.440. The Labute approximate surface area is 99.1 Å². The average molecular weight is 230 g/mol. The molecule has 1 rings (SSSR count). The second kappa shape index (κ2) is 8.84. The van der Waals surface area contributed by atoms with E-state index in [0.29, 0.717) is 0 Å². The average Bonchev–Trinajstić information content (AvgIpc) is 2.56. The fourth-order valence-electron chi connectivity index (χ4n) is 0.600. The zero-order valence-corrected chi connectivity index (χ0v) is 12.3. The van der Waals surface area contributed by atoms with E-state index in [1.165, 1.54) is 6.42 Å². The largest absolute Gasteiger partial charge is 0.144 e. The van der Waals surface area contributed by atoms with Gasteiger partial charge in [0, 0.05) is 5.41 Å². The Morgan fingerprint density at radius 3 is 1.60 bits per heavy atom. The molecule has 0 aliphatic rings. The van der Waals surface area contributed by atoms with Crippen LogP contribution >= 0.6 is 11.3 Å². The number of aryl methyl sites for hydroxylation is 1. The SMILES string of the molecule is CC.CCC.Cc1nnc(C(C)(C)C)s1. The van der Waals surface area contributed by atoms with Crippen molar-refractivity contribution in [1.29, 1.82) is 0 Å². The summed E-state index contributed by atoms with van der Waals surface area (Å²) in [5.41, 5.74) is 0.159. The molecule has 0 atom stereocenters. The third-order valence-corrected chi connectivity index (χ3v) is 2.43. The normalized spacial score (nSPS) is 9.60. The van der Waals surface area contributed by atoms with Crippen molar-refractivity contribution in [3.05, 3.63) is 10.0 Å². The van der Waals surface area contributed by atoms with Crippen LogP contribution < -0.4 is 0 Å². The van der Waals surface area contributed by atoms with Crippen LogP contribution in [0.4, 0.5) is 0 Å². The Morgan fingerprint density at radius 1 is 1.07 bits per heavy atom. The lowest BCUT2D eigenvalue weighted by Gasteiger charge is -2.12. The minimum Gasteiger partial charge on any atom is -0.144 e. The molecule has 0 N–H and O–H groups in total. The monoisotopic (exact) mass is 230 g/mol. The van der Waals surface area contributed by atoms with Gasteiger partial charge in [0.25, 0.3) is 0 Å². The van der Waals surface area contributed by atoms with Crippen molar-refractivity contribution in [3.8, 4) is 0 Å². The van der Waals surface area contributed by atoms with E-state index in [1.54, 1.807) is 11.3 Å². The molecule has 90 valence electrons. The first-order valence-corrected chi connectivity index (χ1v) is 6.54. The standard InChI is InChI=1S/C7H12N2S.C3H8.C2H6/c1-5-8-9-6(10-5)7(2,3)4;1-3-2;1-2/h1-4H3;3H2,1-2H3;1-2H3. The van der Waals surface area contributed by atoms with Gasteiger partial charge in [-0.15, -0.1) is 21.5 Å². The van der Waals surface area contributed by atoms with Crippen molar-refractivity contribution in [2.75, 3.05) is 0 Å². The van der Waals surface area contributed by atoms with Crippen LogP contribution in [0.15, 0.2) is 0 Å². The molecule has 1 heterocycles. The Balaban J connectivity index is 0. The van der Waals surface area contributed by atoms with E-state index < -0.39 is 0 Å². The molecule has 2 nitrogen and oxygen atoms in total. The van der Waals surface area contributed by atoms with Crippen molar-refractivity contribution in [3.63, 3.8) is 0 Å². The summed E-state index contributed by atoms with van der Waals surface area (Å²) >= 11 is 1.67. The molecular weight excluding hydrogens is 204 g/mol. The minimum absolute atomic E-state index is 0.159. The van der Waals surface area contributed by atoms with E-state index in [1.807, 2.05) is 20.8 Å². The van der Waals surface area contributed by atoms with Crippen molar-refractivity contribution in [2.24, 2.45) is 0 Å². The van der Waals surface area contributed by atoms with Crippen LogP contribution in [0.1, 0.15) is 64.9 Å². The lowest BCUT2D eigenvalue weighted by atomic mass is 9.98. The van der Waals surface area contributed by atoms with Gasteiger partial charge in [-0.1, -0.05) is 54.9 Å². The zero-order chi connectivity index (χ0) is 12.5. The summed E-state index contributed by atoms with van der Waals surface area (Å²) in [7, 11) is 0. The number of hydrogen-bond acceptors (Lipinski definition) is 3. The van der Waals surface area contributed by atoms with Crippen LogP contribution in [0, 0.1) is 6.92 Å². The van der Waals surface area contributed by atoms with Crippen LogP contribution in [0.25, 0.3) is 0 Å². The molecule has 0 aliphatic carbocycles. The van der Waals surface area contributed by atoms with Gasteiger partial charge in [-0.25, -0.2) is 0 Å². The van der Waals surface area contributed by atoms with Crippen molar-refractivity contribution >= 4 is 11.3 Å². The Morgan fingerprint density at radius 2 is 1.47 bits per heavy atom. The number of aromatic nitrogens is 2. The molecule has 0 saturated heterocycles. The smallest absolute Gasteiger partial charge is 0.122 e. The molecule has 0 spiro atoms. The van der Waals surface area contributed by atoms with E-state index in [2.05, 4.69) is 44.8 Å². The number of rotatable bonds is 0. The summed E-state index contributed by atoms with van der Waals surface area (Å²) in [5.74, 6) is 0. The summed E-state index contributed by atoms with van der Waals surface area (Å²) in [4.78, 5) is 0. The van der Waals surface area contributed by atoms with Crippen LogP contribution in [-0.4, -0.2) is 10.2 Å². The molecule has 0 aromatic carbocycles. The zero-order valence-electron chi connectivity index (χ0n) is 11.5. The van der Waals surface area contributed by atoms with Crippen molar-refractivity contribution in [2.45, 2.75) is 67.2 Å². The molecule has 1 aromatic rings. The molecule has 0 radical (unpaired) electrons. The van der Waals surface area contributed by atoms with Gasteiger partial charge in [-0.2, -0.15) is 0 Å². The van der Waals surface area contributed by atoms with Gasteiger partial charge in [-0.05, 0) is 6.92 Å². The second-order valence-corrected chi connectivity index (χ2v) is 5.26. The summed E-state index contributed by atoms with van der Waals surface area (Å²) in [6.07, 6.45) is 1.25. The van der Waals surface area contributed by atoms with Gasteiger partial charge in [0.05, 0.1) is 0 Å². The summed E-state index contributed by atoms with van der Waals surface area (Å²) in [6.45, 7) is 16.7. The first kappa shape index (κ1) is 17.0. The van der Waals surface area contributed by atoms with E-state index in [9.17, 15) is 0 Å². The molecule has 1 aromatic heterocycles. The van der Waals surface area contributed by atoms with E-state index >= 15 is 0 Å². The van der Waals surface area contributed by atoms with E-state index in [4.69, 9.17) is 0 Å². The molecule has 0 amide bonds. The van der Waals surface area contributed by atoms with Gasteiger partial charge in [0.15, 0.2) is 0 Å². The summed E-state index contributed by atoms with van der Waals surface area (Å²) in [5, 5.41) is 10.2. The predicted octanol–water partition coefficient (Wildman–Crippen LogP) is 4.59. The molecule has 0 fully saturated rings. The maximum atomic E-state index is 4.06. The van der Waals surface area contributed by atoms with Crippen LogP contribution in [0.2, 0.25) is 0 Å². The van der Waals surface area contributed by atoms with Gasteiger partial charge in [0.1, 0.15) is 10.0 Å². The third-order valence-electron chi connectivity index (χ3n) is 1.17. The molecule has 0 aliphatic heterocycles. The van der Waals surface area contributed by atoms with Gasteiger partial charge < -0.3 is 0 Å². The quantitative estimate of drug-likeness (QED) is 0.651.